The maximum Gasteiger partial charge on any atom is 0.159 e. The summed E-state index contributed by atoms with van der Waals surface area (Å²) in [6, 6.07) is 12.1. The van der Waals surface area contributed by atoms with Gasteiger partial charge in [-0.25, -0.2) is 4.98 Å². The zero-order valence-electron chi connectivity index (χ0n) is 15.4. The lowest BCUT2D eigenvalue weighted by Gasteiger charge is -2.39. The molecule has 0 spiro atoms. The Bertz CT molecular complexity index is 1130. The van der Waals surface area contributed by atoms with Crippen molar-refractivity contribution >= 4 is 27.6 Å². The van der Waals surface area contributed by atoms with E-state index in [-0.39, 0.29) is 5.75 Å². The number of rotatable bonds is 2. The number of aromatic amines is 2. The second-order valence-corrected chi connectivity index (χ2v) is 7.39. The third-order valence-electron chi connectivity index (χ3n) is 5.40. The summed E-state index contributed by atoms with van der Waals surface area (Å²) in [7, 11) is 2.17. The van der Waals surface area contributed by atoms with Crippen LogP contribution in [0.15, 0.2) is 36.4 Å². The number of nitrogens with zero attached hydrogens (tertiary/aromatic N) is 4. The third kappa shape index (κ3) is 2.71. The van der Waals surface area contributed by atoms with Gasteiger partial charge in [0.2, 0.25) is 0 Å². The molecule has 0 aliphatic carbocycles. The SMILES string of the molecule is CC1CN(C)CCN1c1ccc2nc(-c3n[nH]c4cc(O)ccc34)[nH]c2c1. The third-order valence-corrected chi connectivity index (χ3v) is 5.40. The number of nitrogens with one attached hydrogen (secondary N) is 2. The number of piperazine rings is 1. The lowest BCUT2D eigenvalue weighted by molar-refractivity contribution is 0.275. The van der Waals surface area contributed by atoms with Crippen LogP contribution in [0.4, 0.5) is 5.69 Å². The number of hydrogen-bond donors (Lipinski definition) is 3. The molecule has 5 rings (SSSR count). The van der Waals surface area contributed by atoms with E-state index in [0.29, 0.717) is 6.04 Å². The summed E-state index contributed by atoms with van der Waals surface area (Å²) in [4.78, 5) is 13.0. The Kier molecular flexibility index (Phi) is 3.58. The van der Waals surface area contributed by atoms with Crippen LogP contribution in [0.5, 0.6) is 5.75 Å². The van der Waals surface area contributed by atoms with E-state index < -0.39 is 0 Å². The van der Waals surface area contributed by atoms with Crippen molar-refractivity contribution in [3.63, 3.8) is 0 Å². The van der Waals surface area contributed by atoms with Crippen molar-refractivity contribution in [2.75, 3.05) is 31.6 Å². The molecule has 0 radical (unpaired) electrons. The van der Waals surface area contributed by atoms with E-state index in [9.17, 15) is 5.11 Å². The highest BCUT2D eigenvalue weighted by atomic mass is 16.3. The molecule has 0 saturated carbocycles. The first-order valence-corrected chi connectivity index (χ1v) is 9.21. The van der Waals surface area contributed by atoms with Crippen molar-refractivity contribution in [3.8, 4) is 17.3 Å². The predicted molar refractivity (Wildman–Crippen MR) is 107 cm³/mol. The Labute approximate surface area is 156 Å². The smallest absolute Gasteiger partial charge is 0.159 e. The first-order chi connectivity index (χ1) is 13.1. The van der Waals surface area contributed by atoms with Crippen molar-refractivity contribution in [1.82, 2.24) is 25.1 Å². The Morgan fingerprint density at radius 2 is 2.00 bits per heavy atom. The molecule has 1 unspecified atom stereocenters. The molecular weight excluding hydrogens is 340 g/mol. The van der Waals surface area contributed by atoms with Crippen LogP contribution >= 0.6 is 0 Å². The summed E-state index contributed by atoms with van der Waals surface area (Å²) in [6.07, 6.45) is 0. The predicted octanol–water partition coefficient (Wildman–Crippen LogP) is 2.95. The molecule has 0 bridgehead atoms. The number of imidazole rings is 1. The molecular formula is C20H22N6O. The highest BCUT2D eigenvalue weighted by Gasteiger charge is 2.22. The fourth-order valence-electron chi connectivity index (χ4n) is 4.00. The molecule has 2 aromatic carbocycles. The van der Waals surface area contributed by atoms with Crippen LogP contribution in [0.25, 0.3) is 33.5 Å². The number of phenols is 1. The van der Waals surface area contributed by atoms with Crippen molar-refractivity contribution in [3.05, 3.63) is 36.4 Å². The summed E-state index contributed by atoms with van der Waals surface area (Å²) in [5, 5.41) is 17.9. The Hall–Kier alpha value is -3.06. The molecule has 7 heteroatoms. The minimum Gasteiger partial charge on any atom is -0.508 e. The molecule has 1 saturated heterocycles. The first kappa shape index (κ1) is 16.1. The van der Waals surface area contributed by atoms with Crippen LogP contribution < -0.4 is 4.90 Å². The summed E-state index contributed by atoms with van der Waals surface area (Å²) in [6.45, 7) is 5.43. The monoisotopic (exact) mass is 362 g/mol. The number of anilines is 1. The largest absolute Gasteiger partial charge is 0.508 e. The summed E-state index contributed by atoms with van der Waals surface area (Å²) in [5.74, 6) is 0.943. The van der Waals surface area contributed by atoms with Crippen molar-refractivity contribution in [2.24, 2.45) is 0 Å². The number of phenolic OH excluding ortho intramolecular Hbond substituents is 1. The van der Waals surface area contributed by atoms with Gasteiger partial charge in [0.15, 0.2) is 5.82 Å². The maximum absolute atomic E-state index is 9.64. The van der Waals surface area contributed by atoms with E-state index in [1.165, 1.54) is 5.69 Å². The topological polar surface area (TPSA) is 84.1 Å². The lowest BCUT2D eigenvalue weighted by Crippen LogP contribution is -2.50. The molecule has 4 aromatic rings. The van der Waals surface area contributed by atoms with Gasteiger partial charge in [0, 0.05) is 42.8 Å². The van der Waals surface area contributed by atoms with Gasteiger partial charge in [-0.05, 0) is 44.3 Å². The molecule has 138 valence electrons. The number of aromatic nitrogens is 4. The number of H-pyrrole nitrogens is 2. The van der Waals surface area contributed by atoms with Gasteiger partial charge < -0.3 is 19.9 Å². The van der Waals surface area contributed by atoms with Crippen LogP contribution in [0.2, 0.25) is 0 Å². The number of aromatic hydroxyl groups is 1. The fourth-order valence-corrected chi connectivity index (χ4v) is 4.00. The summed E-state index contributed by atoms with van der Waals surface area (Å²) < 4.78 is 0. The van der Waals surface area contributed by atoms with Gasteiger partial charge in [-0.2, -0.15) is 5.10 Å². The van der Waals surface area contributed by atoms with E-state index in [1.54, 1.807) is 12.1 Å². The van der Waals surface area contributed by atoms with Gasteiger partial charge in [-0.1, -0.05) is 0 Å². The Morgan fingerprint density at radius 3 is 2.85 bits per heavy atom. The maximum atomic E-state index is 9.64. The number of benzene rings is 2. The van der Waals surface area contributed by atoms with E-state index in [1.807, 2.05) is 6.07 Å². The van der Waals surface area contributed by atoms with Crippen LogP contribution in [-0.4, -0.2) is 62.9 Å². The van der Waals surface area contributed by atoms with Gasteiger partial charge >= 0.3 is 0 Å². The first-order valence-electron chi connectivity index (χ1n) is 9.21. The molecule has 3 heterocycles. The standard InChI is InChI=1S/C20H22N6O/c1-12-11-25(2)7-8-26(12)13-3-6-16-18(9-13)22-20(21-16)19-15-5-4-14(27)10-17(15)23-24-19/h3-6,9-10,12,27H,7-8,11H2,1-2H3,(H,21,22)(H,23,24). The van der Waals surface area contributed by atoms with Crippen LogP contribution in [0, 0.1) is 0 Å². The average Bonchev–Trinajstić information content (AvgIpc) is 3.24. The average molecular weight is 362 g/mol. The molecule has 1 fully saturated rings. The summed E-state index contributed by atoms with van der Waals surface area (Å²) in [5.41, 5.74) is 4.69. The van der Waals surface area contributed by atoms with Crippen LogP contribution in [0.1, 0.15) is 6.92 Å². The molecule has 27 heavy (non-hydrogen) atoms. The van der Waals surface area contributed by atoms with E-state index >= 15 is 0 Å². The Balaban J connectivity index is 1.54. The minimum atomic E-state index is 0.216. The fraction of sp³-hybridized carbons (Fsp3) is 0.300. The van der Waals surface area contributed by atoms with Crippen LogP contribution in [-0.2, 0) is 0 Å². The second kappa shape index (κ2) is 5.99. The van der Waals surface area contributed by atoms with Gasteiger partial charge in [-0.15, -0.1) is 0 Å². The molecule has 3 N–H and O–H groups in total. The number of hydrogen-bond acceptors (Lipinski definition) is 5. The molecule has 0 amide bonds. The minimum absolute atomic E-state index is 0.216. The van der Waals surface area contributed by atoms with E-state index in [0.717, 1.165) is 53.1 Å². The van der Waals surface area contributed by atoms with E-state index in [2.05, 4.69) is 57.2 Å². The quantitative estimate of drug-likeness (QED) is 0.511. The second-order valence-electron chi connectivity index (χ2n) is 7.39. The highest BCUT2D eigenvalue weighted by Crippen LogP contribution is 2.30. The zero-order valence-corrected chi connectivity index (χ0v) is 15.4. The molecule has 2 aromatic heterocycles. The normalized spacial score (nSPS) is 18.6. The molecule has 1 aliphatic heterocycles. The van der Waals surface area contributed by atoms with Crippen molar-refractivity contribution < 1.29 is 5.11 Å². The van der Waals surface area contributed by atoms with Gasteiger partial charge in [0.25, 0.3) is 0 Å². The number of likely N-dealkylation sites (N-methyl/N-ethyl adjacent to an activating group) is 1. The lowest BCUT2D eigenvalue weighted by atomic mass is 10.1. The van der Waals surface area contributed by atoms with Gasteiger partial charge in [-0.3, -0.25) is 5.10 Å². The Morgan fingerprint density at radius 1 is 1.11 bits per heavy atom. The highest BCUT2D eigenvalue weighted by molar-refractivity contribution is 5.94. The molecule has 1 atom stereocenters. The van der Waals surface area contributed by atoms with E-state index in [4.69, 9.17) is 4.98 Å². The van der Waals surface area contributed by atoms with Gasteiger partial charge in [0.1, 0.15) is 11.4 Å². The number of fused-ring (bicyclic) bond motifs is 2. The molecule has 1 aliphatic rings. The van der Waals surface area contributed by atoms with Crippen molar-refractivity contribution in [2.45, 2.75) is 13.0 Å². The zero-order chi connectivity index (χ0) is 18.5. The van der Waals surface area contributed by atoms with Crippen molar-refractivity contribution in [1.29, 1.82) is 0 Å². The van der Waals surface area contributed by atoms with Crippen LogP contribution in [0.3, 0.4) is 0 Å². The summed E-state index contributed by atoms with van der Waals surface area (Å²) >= 11 is 0. The van der Waals surface area contributed by atoms with Gasteiger partial charge in [0.05, 0.1) is 16.6 Å². The molecule has 7 nitrogen and oxygen atoms in total.